The van der Waals surface area contributed by atoms with Crippen molar-refractivity contribution in [3.05, 3.63) is 244 Å². The fourth-order valence-corrected chi connectivity index (χ4v) is 13.5. The molecule has 0 saturated carbocycles. The Morgan fingerprint density at radius 1 is 0.455 bits per heavy atom. The molecular weight excluding hydrogens is 1840 g/mol. The number of carbonyl (C=O) groups is 10. The van der Waals surface area contributed by atoms with Gasteiger partial charge in [0.1, 0.15) is 97.1 Å². The molecule has 0 fully saturated rings. The molecule has 0 radical (unpaired) electrons. The maximum Gasteiger partial charge on any atom is 0.328 e. The van der Waals surface area contributed by atoms with E-state index in [9.17, 15) is 56.7 Å². The second-order valence-electron chi connectivity index (χ2n) is 32.6. The number of nitrogens with zero attached hydrogens (tertiary/aromatic N) is 17. The lowest BCUT2D eigenvalue weighted by atomic mass is 10.1. The van der Waals surface area contributed by atoms with Crippen LogP contribution in [-0.4, -0.2) is 172 Å². The van der Waals surface area contributed by atoms with Gasteiger partial charge in [0, 0.05) is 107 Å². The fourth-order valence-electron chi connectivity index (χ4n) is 12.7. The van der Waals surface area contributed by atoms with Crippen LogP contribution < -0.4 is 32.3 Å². The molecule has 8 N–H and O–H groups in total. The molecular formula is C93H100BrCl2F2N23O13. The van der Waals surface area contributed by atoms with Gasteiger partial charge in [-0.3, -0.25) is 66.7 Å². The zero-order chi connectivity index (χ0) is 97.8. The third-order valence-electron chi connectivity index (χ3n) is 18.6. The number of amides is 3. The van der Waals surface area contributed by atoms with Crippen molar-refractivity contribution in [2.45, 2.75) is 166 Å². The number of benzene rings is 6. The minimum Gasteiger partial charge on any atom is -0.480 e. The Morgan fingerprint density at radius 3 is 1.10 bits per heavy atom. The van der Waals surface area contributed by atoms with E-state index in [1.54, 1.807) is 139 Å². The third-order valence-corrected chi connectivity index (χ3v) is 19.7. The van der Waals surface area contributed by atoms with Crippen LogP contribution in [0, 0.1) is 17.6 Å². The van der Waals surface area contributed by atoms with Gasteiger partial charge < -0.3 is 51.8 Å². The molecule has 36 nitrogen and oxygen atoms in total. The van der Waals surface area contributed by atoms with E-state index >= 15 is 0 Å². The highest BCUT2D eigenvalue weighted by Gasteiger charge is 2.27. The Bertz CT molecular complexity index is 6540. The predicted molar refractivity (Wildman–Crippen MR) is 506 cm³/mol. The summed E-state index contributed by atoms with van der Waals surface area (Å²) in [6.45, 7) is 23.6. The maximum atomic E-state index is 14.1. The molecule has 134 heavy (non-hydrogen) atoms. The van der Waals surface area contributed by atoms with E-state index in [1.165, 1.54) is 94.8 Å². The molecule has 0 aliphatic heterocycles. The molecule has 6 aromatic carbocycles. The molecule has 41 heteroatoms. The number of carboxylic acid groups (broad SMARTS) is 1. The van der Waals surface area contributed by atoms with Crippen molar-refractivity contribution in [2.24, 2.45) is 5.92 Å². The highest BCUT2D eigenvalue weighted by atomic mass is 79.9. The number of halogens is 5. The van der Waals surface area contributed by atoms with Crippen molar-refractivity contribution >= 4 is 181 Å². The van der Waals surface area contributed by atoms with Crippen molar-refractivity contribution in [1.29, 1.82) is 0 Å². The van der Waals surface area contributed by atoms with E-state index in [1.807, 2.05) is 57.2 Å². The second-order valence-corrected chi connectivity index (χ2v) is 34.4. The van der Waals surface area contributed by atoms with Crippen LogP contribution in [0.1, 0.15) is 163 Å². The van der Waals surface area contributed by atoms with Crippen molar-refractivity contribution in [1.82, 2.24) is 94.5 Å². The van der Waals surface area contributed by atoms with Gasteiger partial charge in [-0.25, -0.2) is 48.7 Å². The fraction of sp³-hybridized carbons (Fsp3) is 0.290. The third kappa shape index (κ3) is 30.9. The van der Waals surface area contributed by atoms with E-state index < -0.39 is 40.7 Å². The largest absolute Gasteiger partial charge is 0.480 e. The Kier molecular flexibility index (Phi) is 36.7. The van der Waals surface area contributed by atoms with Gasteiger partial charge in [0.15, 0.2) is 23.1 Å². The van der Waals surface area contributed by atoms with Crippen LogP contribution >= 0.6 is 39.1 Å². The molecule has 0 bridgehead atoms. The van der Waals surface area contributed by atoms with Crippen LogP contribution in [0.15, 0.2) is 189 Å². The Hall–Kier alpha value is -14.9. The number of ether oxygens (including phenoxy) is 2. The monoisotopic (exact) mass is 1930 g/mol. The van der Waals surface area contributed by atoms with Gasteiger partial charge in [0.25, 0.3) is 0 Å². The topological polar surface area (TPSA) is 473 Å². The van der Waals surface area contributed by atoms with Gasteiger partial charge in [0.05, 0.1) is 111 Å². The molecule has 0 unspecified atom stereocenters. The van der Waals surface area contributed by atoms with Crippen LogP contribution in [0.3, 0.4) is 0 Å². The van der Waals surface area contributed by atoms with Crippen LogP contribution in [0.5, 0.6) is 0 Å². The average molecular weight is 1940 g/mol. The van der Waals surface area contributed by atoms with Crippen LogP contribution in [0.2, 0.25) is 10.0 Å². The number of esters is 2. The highest BCUT2D eigenvalue weighted by Crippen LogP contribution is 2.31. The number of ketones is 4. The molecule has 0 saturated heterocycles. The molecule has 0 atom stereocenters. The Morgan fingerprint density at radius 2 is 0.784 bits per heavy atom. The summed E-state index contributed by atoms with van der Waals surface area (Å²) >= 11 is 14.8. The number of rotatable bonds is 28. The summed E-state index contributed by atoms with van der Waals surface area (Å²) < 4.78 is 44.9. The summed E-state index contributed by atoms with van der Waals surface area (Å²) in [7, 11) is 0. The summed E-state index contributed by atoms with van der Waals surface area (Å²) in [5.41, 5.74) is 13.4. The lowest BCUT2D eigenvalue weighted by Gasteiger charge is -2.26. The number of Topliss-reactive ketones (excluding diaryl/α,β-unsaturated/α-hetero) is 4. The summed E-state index contributed by atoms with van der Waals surface area (Å²) in [5, 5.41) is 43.4. The van der Waals surface area contributed by atoms with E-state index in [0.29, 0.717) is 84.7 Å². The molecule has 14 aromatic rings. The van der Waals surface area contributed by atoms with Crippen LogP contribution in [0.4, 0.5) is 48.6 Å². The van der Waals surface area contributed by atoms with Gasteiger partial charge in [-0.1, -0.05) is 77.2 Å². The standard InChI is InChI=1S/C27H27ClFN7O3.C19H21N5O3.C15H17BrN2O3.C15H13N5O3.C13H17ClFNO.C4H5N3/c1-16(2)35(13-24(38)32-10-18-5-4-6-22(28)26(18)29)25(39)14-36-23-8-7-19(33-20-11-30-15-31-12-20)9-21(23)27(34-36)17(3)37;1-12(25)18-15-7-13(22-14-8-20-11-21-9-14)5-6-16(15)24(23-18)10-17(26)27-19(2,3)4;1-9(19)14-11-7-10(16)5-6-12(11)18(17-14)8-13(20)21-15(2,3)4;1-9(21)15-12-4-10(18-11-5-16-8-17-6-11)2-3-13(12)20(19-15)7-14(22)23;1-9(2)6-7-12(17)16-8-10-4-3-5-11(14)13(10)15;5-4-1-6-3-7-2-4/h4-9,11-12,15-16,33H,10,13-14H2,1-3H3,(H,32,38);5-9,11,22H,10H2,1-4H3;5-7H,8H2,1-4H3;2-6,8,18H,7H2,1H3,(H,22,23);3-5,9H,6-8H2,1-2H3,(H,16,17);1-3H,5H2. The highest BCUT2D eigenvalue weighted by molar-refractivity contribution is 9.10. The van der Waals surface area contributed by atoms with Gasteiger partial charge in [-0.2, -0.15) is 20.4 Å². The number of carbonyl (C=O) groups excluding carboxylic acids is 9. The summed E-state index contributed by atoms with van der Waals surface area (Å²) in [6.07, 6.45) is 19.9. The average Bonchev–Trinajstić information content (AvgIpc) is 1.66. The lowest BCUT2D eigenvalue weighted by Crippen LogP contribution is -2.45. The normalized spacial score (nSPS) is 11.0. The predicted octanol–water partition coefficient (Wildman–Crippen LogP) is 16.0. The molecule has 0 aliphatic carbocycles. The Balaban J connectivity index is 0.000000189. The number of anilines is 7. The first-order valence-electron chi connectivity index (χ1n) is 41.6. The van der Waals surface area contributed by atoms with Crippen molar-refractivity contribution in [2.75, 3.05) is 28.2 Å². The molecule has 0 spiro atoms. The van der Waals surface area contributed by atoms with Gasteiger partial charge in [-0.05, 0) is 153 Å². The van der Waals surface area contributed by atoms with Crippen LogP contribution in [-0.2, 0) is 77.5 Å². The summed E-state index contributed by atoms with van der Waals surface area (Å²) in [5.74, 6) is -4.05. The lowest BCUT2D eigenvalue weighted by molar-refractivity contribution is -0.156. The minimum atomic E-state index is -1.02. The van der Waals surface area contributed by atoms with Crippen molar-refractivity contribution in [3.63, 3.8) is 0 Å². The summed E-state index contributed by atoms with van der Waals surface area (Å²) in [4.78, 5) is 153. The molecule has 14 rings (SSSR count). The van der Waals surface area contributed by atoms with E-state index in [2.05, 4.69) is 117 Å². The first-order valence-corrected chi connectivity index (χ1v) is 43.1. The number of fused-ring (bicyclic) bond motifs is 4. The number of nitrogen functional groups attached to an aromatic ring is 1. The molecule has 700 valence electrons. The maximum absolute atomic E-state index is 14.1. The summed E-state index contributed by atoms with van der Waals surface area (Å²) in [6, 6.07) is 30.6. The zero-order valence-electron chi connectivity index (χ0n) is 75.8. The molecule has 0 aliphatic rings. The SMILES string of the molecule is CC(=O)c1nn(CC(=O)N(CC(=O)NCc2cccc(Cl)c2F)C(C)C)c2ccc(Nc3cncnc3)cc12.CC(=O)c1nn(CC(=O)O)c2ccc(Nc3cncnc3)cc12.CC(=O)c1nn(CC(=O)OC(C)(C)C)c2ccc(Br)cc12.CC(=O)c1nn(CC(=O)OC(C)(C)C)c2ccc(Nc3cncnc3)cc12.CC(C)CCC(=O)NCc1cccc(Cl)c1F.Nc1cncnc1. The first-order chi connectivity index (χ1) is 63.5. The minimum absolute atomic E-state index is 0.0251. The number of nitrogens with two attached hydrogens (primary N) is 1. The smallest absolute Gasteiger partial charge is 0.328 e. The van der Waals surface area contributed by atoms with Gasteiger partial charge in [-0.15, -0.1) is 0 Å². The second kappa shape index (κ2) is 47.8. The van der Waals surface area contributed by atoms with E-state index in [-0.39, 0.29) is 120 Å². The Labute approximate surface area is 787 Å². The van der Waals surface area contributed by atoms with E-state index in [0.717, 1.165) is 38.9 Å². The molecule has 3 amide bonds. The van der Waals surface area contributed by atoms with Crippen LogP contribution in [0.25, 0.3) is 43.6 Å². The zero-order valence-corrected chi connectivity index (χ0v) is 78.9. The van der Waals surface area contributed by atoms with Crippen molar-refractivity contribution in [3.8, 4) is 0 Å². The number of aromatic nitrogens is 16. The quantitative estimate of drug-likeness (QED) is 0.0177. The number of carboxylic acids is 1. The van der Waals surface area contributed by atoms with E-state index in [4.69, 9.17) is 43.5 Å². The number of nitrogens with one attached hydrogen (secondary N) is 5. The van der Waals surface area contributed by atoms with Gasteiger partial charge >= 0.3 is 17.9 Å². The first kappa shape index (κ1) is 103. The number of hydrogen-bond acceptors (Lipinski definition) is 28. The number of hydrogen-bond donors (Lipinski definition) is 7. The van der Waals surface area contributed by atoms with Crippen molar-refractivity contribution < 1.29 is 71.3 Å². The molecule has 8 aromatic heterocycles. The number of aliphatic carboxylic acids is 1. The molecule has 8 heterocycles. The van der Waals surface area contributed by atoms with Gasteiger partial charge in [0.2, 0.25) is 17.7 Å².